The van der Waals surface area contributed by atoms with Gasteiger partial charge in [0.05, 0.1) is 19.8 Å². The molecule has 0 saturated carbocycles. The Morgan fingerprint density at radius 3 is 1.41 bits per heavy atom. The zero-order chi connectivity index (χ0) is 48.2. The van der Waals surface area contributed by atoms with E-state index < -0.39 is 92.7 Å². The van der Waals surface area contributed by atoms with Crippen molar-refractivity contribution < 1.29 is 73.8 Å². The molecule has 2 fully saturated rings. The fourth-order valence-corrected chi connectivity index (χ4v) is 8.07. The van der Waals surface area contributed by atoms with Gasteiger partial charge in [-0.2, -0.15) is 0 Å². The number of ether oxygens (including phenoxy) is 6. The number of allylic oxidation sites excluding steroid dienone is 4. The number of carbonyl (C=O) groups is 2. The average molecular weight is 945 g/mol. The predicted octanol–water partition coefficient (Wildman–Crippen LogP) is 7.16. The molecule has 0 bridgehead atoms. The van der Waals surface area contributed by atoms with E-state index in [-0.39, 0.29) is 26.1 Å². The third-order valence-electron chi connectivity index (χ3n) is 12.4. The monoisotopic (exact) mass is 945 g/mol. The molecule has 2 saturated heterocycles. The molecule has 15 nitrogen and oxygen atoms in total. The Labute approximate surface area is 396 Å². The summed E-state index contributed by atoms with van der Waals surface area (Å²) in [5, 5.41) is 72.0. The maximum absolute atomic E-state index is 13.0. The normalized spacial score (nSPS) is 26.3. The minimum absolute atomic E-state index is 0.137. The lowest BCUT2D eigenvalue weighted by Gasteiger charge is -2.42. The van der Waals surface area contributed by atoms with E-state index in [4.69, 9.17) is 28.4 Å². The maximum Gasteiger partial charge on any atom is 0.306 e. The summed E-state index contributed by atoms with van der Waals surface area (Å²) in [4.78, 5) is 25.7. The summed E-state index contributed by atoms with van der Waals surface area (Å²) >= 11 is 0. The summed E-state index contributed by atoms with van der Waals surface area (Å²) in [6, 6.07) is 0. The first-order chi connectivity index (χ1) is 32.0. The van der Waals surface area contributed by atoms with Crippen molar-refractivity contribution in [3.8, 4) is 0 Å². The van der Waals surface area contributed by atoms with Crippen molar-refractivity contribution in [2.24, 2.45) is 0 Å². The maximum atomic E-state index is 13.0. The molecule has 11 atom stereocenters. The largest absolute Gasteiger partial charge is 0.462 e. The highest BCUT2D eigenvalue weighted by Crippen LogP contribution is 2.26. The van der Waals surface area contributed by atoms with Crippen molar-refractivity contribution in [3.63, 3.8) is 0 Å². The molecule has 0 aromatic carbocycles. The molecule has 386 valence electrons. The predicted molar refractivity (Wildman–Crippen MR) is 252 cm³/mol. The second-order valence-electron chi connectivity index (χ2n) is 18.3. The lowest BCUT2D eigenvalue weighted by molar-refractivity contribution is -0.332. The summed E-state index contributed by atoms with van der Waals surface area (Å²) in [6.45, 7) is 2.55. The van der Waals surface area contributed by atoms with Crippen LogP contribution in [0.25, 0.3) is 0 Å². The van der Waals surface area contributed by atoms with Gasteiger partial charge in [0.1, 0.15) is 55.4 Å². The molecule has 15 heteroatoms. The van der Waals surface area contributed by atoms with Crippen LogP contribution in [0.15, 0.2) is 24.3 Å². The van der Waals surface area contributed by atoms with E-state index in [0.29, 0.717) is 12.8 Å². The van der Waals surface area contributed by atoms with E-state index in [2.05, 4.69) is 38.2 Å². The van der Waals surface area contributed by atoms with Crippen LogP contribution in [0.1, 0.15) is 194 Å². The van der Waals surface area contributed by atoms with Gasteiger partial charge < -0.3 is 64.2 Å². The van der Waals surface area contributed by atoms with Gasteiger partial charge in [-0.05, 0) is 57.8 Å². The summed E-state index contributed by atoms with van der Waals surface area (Å²) < 4.78 is 33.5. The fraction of sp³-hybridized carbons (Fsp3) is 0.882. The number of esters is 2. The Kier molecular flexibility index (Phi) is 35.3. The lowest BCUT2D eigenvalue weighted by Crippen LogP contribution is -2.61. The highest BCUT2D eigenvalue weighted by atomic mass is 16.7. The molecule has 0 aromatic rings. The van der Waals surface area contributed by atoms with Gasteiger partial charge >= 0.3 is 11.9 Å². The first kappa shape index (κ1) is 60.1. The van der Waals surface area contributed by atoms with Crippen molar-refractivity contribution in [1.29, 1.82) is 0 Å². The van der Waals surface area contributed by atoms with Gasteiger partial charge in [-0.15, -0.1) is 0 Å². The SMILES string of the molecule is CCCC/C=C/CCCCCCCCCCCC(=O)OC[C@H](CO[C@@H]1O[C@H](CO[C@@H]2O[C@H](CO)[C@H](O)C(O)C2O)[C@H](O)C(O)C1O)OC(=O)CCCC/C=C/CCCCCCCCCCC. The van der Waals surface area contributed by atoms with Gasteiger partial charge in [-0.25, -0.2) is 0 Å². The van der Waals surface area contributed by atoms with Crippen molar-refractivity contribution in [2.75, 3.05) is 26.4 Å². The molecule has 0 aromatic heterocycles. The van der Waals surface area contributed by atoms with Crippen molar-refractivity contribution in [2.45, 2.75) is 261 Å². The number of unbranched alkanes of at least 4 members (excludes halogenated alkanes) is 22. The van der Waals surface area contributed by atoms with Gasteiger partial charge in [-0.1, -0.05) is 147 Å². The first-order valence-corrected chi connectivity index (χ1v) is 25.9. The number of aliphatic hydroxyl groups is 7. The van der Waals surface area contributed by atoms with Gasteiger partial charge in [0.15, 0.2) is 18.7 Å². The molecular weight excluding hydrogens is 853 g/mol. The van der Waals surface area contributed by atoms with Crippen LogP contribution in [-0.2, 0) is 38.0 Å². The zero-order valence-electron chi connectivity index (χ0n) is 40.7. The van der Waals surface area contributed by atoms with Crippen LogP contribution in [0.5, 0.6) is 0 Å². The third-order valence-corrected chi connectivity index (χ3v) is 12.4. The molecule has 0 amide bonds. The van der Waals surface area contributed by atoms with Crippen LogP contribution in [-0.4, -0.2) is 142 Å². The van der Waals surface area contributed by atoms with Gasteiger partial charge in [0, 0.05) is 12.8 Å². The molecule has 4 unspecified atom stereocenters. The van der Waals surface area contributed by atoms with E-state index in [1.807, 2.05) is 0 Å². The Balaban J connectivity index is 1.82. The van der Waals surface area contributed by atoms with Gasteiger partial charge in [0.25, 0.3) is 0 Å². The van der Waals surface area contributed by atoms with Crippen molar-refractivity contribution in [3.05, 3.63) is 24.3 Å². The van der Waals surface area contributed by atoms with Crippen molar-refractivity contribution >= 4 is 11.9 Å². The van der Waals surface area contributed by atoms with Crippen LogP contribution >= 0.6 is 0 Å². The average Bonchev–Trinajstić information content (AvgIpc) is 3.31. The van der Waals surface area contributed by atoms with Crippen LogP contribution < -0.4 is 0 Å². The molecule has 2 aliphatic heterocycles. The number of rotatable bonds is 40. The Morgan fingerprint density at radius 1 is 0.470 bits per heavy atom. The minimum atomic E-state index is -1.77. The smallest absolute Gasteiger partial charge is 0.306 e. The van der Waals surface area contributed by atoms with E-state index in [1.54, 1.807) is 0 Å². The molecule has 66 heavy (non-hydrogen) atoms. The number of aliphatic hydroxyl groups excluding tert-OH is 7. The highest BCUT2D eigenvalue weighted by Gasteiger charge is 2.47. The molecule has 7 N–H and O–H groups in total. The minimum Gasteiger partial charge on any atom is -0.462 e. The highest BCUT2D eigenvalue weighted by molar-refractivity contribution is 5.70. The quantitative estimate of drug-likeness (QED) is 0.0184. The molecule has 2 aliphatic rings. The van der Waals surface area contributed by atoms with Crippen LogP contribution in [0.3, 0.4) is 0 Å². The number of hydrogen-bond acceptors (Lipinski definition) is 15. The van der Waals surface area contributed by atoms with Crippen LogP contribution in [0.2, 0.25) is 0 Å². The Bertz CT molecular complexity index is 1250. The summed E-state index contributed by atoms with van der Waals surface area (Å²) in [5.41, 5.74) is 0. The molecule has 0 spiro atoms. The number of hydrogen-bond donors (Lipinski definition) is 7. The molecule has 0 aliphatic carbocycles. The second-order valence-corrected chi connectivity index (χ2v) is 18.3. The summed E-state index contributed by atoms with van der Waals surface area (Å²) in [7, 11) is 0. The van der Waals surface area contributed by atoms with E-state index in [9.17, 15) is 45.3 Å². The molecule has 2 rings (SSSR count). The van der Waals surface area contributed by atoms with Gasteiger partial charge in [0.2, 0.25) is 0 Å². The van der Waals surface area contributed by atoms with Crippen LogP contribution in [0.4, 0.5) is 0 Å². The zero-order valence-corrected chi connectivity index (χ0v) is 40.7. The second kappa shape index (κ2) is 38.8. The van der Waals surface area contributed by atoms with E-state index >= 15 is 0 Å². The first-order valence-electron chi connectivity index (χ1n) is 25.9. The van der Waals surface area contributed by atoms with E-state index in [1.165, 1.54) is 109 Å². The number of carbonyl (C=O) groups excluding carboxylic acids is 2. The molecular formula is C51H92O15. The summed E-state index contributed by atoms with van der Waals surface area (Å²) in [5.74, 6) is -0.948. The van der Waals surface area contributed by atoms with Gasteiger partial charge in [-0.3, -0.25) is 9.59 Å². The Hall–Kier alpha value is -2.02. The Morgan fingerprint density at radius 2 is 0.879 bits per heavy atom. The van der Waals surface area contributed by atoms with Crippen molar-refractivity contribution in [1.82, 2.24) is 0 Å². The van der Waals surface area contributed by atoms with E-state index in [0.717, 1.165) is 44.9 Å². The van der Waals surface area contributed by atoms with Crippen LogP contribution in [0, 0.1) is 0 Å². The summed E-state index contributed by atoms with van der Waals surface area (Å²) in [6.07, 6.45) is 22.1. The topological polar surface area (TPSA) is 231 Å². The fourth-order valence-electron chi connectivity index (χ4n) is 8.07. The molecule has 2 heterocycles. The third kappa shape index (κ3) is 26.7. The standard InChI is InChI=1S/C51H92O15/c1-3-5-7-9-11-13-15-17-19-21-23-25-27-29-31-33-42(53)61-36-39(64-43(54)34-32-30-28-26-24-22-20-18-16-14-12-10-8-6-4-2)37-62-50-49(60)47(58)45(56)41(66-50)38-63-51-48(59)46(57)44(55)40(35-52)65-51/h9,11,24,26,39-41,44-52,55-60H,3-8,10,12-23,25,27-38H2,1-2H3/b11-9+,26-24+/t39-,40-,41-,44+,45+,46?,47?,48?,49?,50-,51-/m1/s1. The molecule has 0 radical (unpaired) electrons. The lowest BCUT2D eigenvalue weighted by atomic mass is 9.98.